The molecule has 3 rings (SSSR count). The van der Waals surface area contributed by atoms with Gasteiger partial charge in [-0.1, -0.05) is 20.8 Å². The van der Waals surface area contributed by atoms with Gasteiger partial charge < -0.3 is 10.2 Å². The van der Waals surface area contributed by atoms with E-state index >= 15 is 0 Å². The summed E-state index contributed by atoms with van der Waals surface area (Å²) < 4.78 is 0. The molecule has 6 heteroatoms. The molecule has 0 spiro atoms. The van der Waals surface area contributed by atoms with Crippen LogP contribution in [-0.2, 0) is 4.79 Å². The summed E-state index contributed by atoms with van der Waals surface area (Å²) in [6.45, 7) is 9.93. The lowest BCUT2D eigenvalue weighted by molar-refractivity contribution is -0.117. The summed E-state index contributed by atoms with van der Waals surface area (Å²) in [7, 11) is 0. The Labute approximate surface area is 160 Å². The van der Waals surface area contributed by atoms with E-state index in [1.165, 1.54) is 0 Å². The fourth-order valence-corrected chi connectivity index (χ4v) is 3.62. The molecule has 140 valence electrons. The van der Waals surface area contributed by atoms with Crippen LogP contribution in [0.3, 0.4) is 0 Å². The monoisotopic (exact) mass is 363 g/mol. The van der Waals surface area contributed by atoms with E-state index in [2.05, 4.69) is 42.1 Å². The van der Waals surface area contributed by atoms with Gasteiger partial charge in [0, 0.05) is 37.0 Å². The Bertz CT molecular complexity index is 884. The third kappa shape index (κ3) is 3.50. The molecule has 2 aromatic rings. The van der Waals surface area contributed by atoms with Gasteiger partial charge in [-0.2, -0.15) is 5.26 Å². The zero-order valence-corrected chi connectivity index (χ0v) is 16.4. The molecule has 2 heterocycles. The predicted molar refractivity (Wildman–Crippen MR) is 105 cm³/mol. The van der Waals surface area contributed by atoms with Gasteiger partial charge >= 0.3 is 0 Å². The molecule has 1 N–H and O–H groups in total. The van der Waals surface area contributed by atoms with Gasteiger partial charge in [-0.3, -0.25) is 4.79 Å². The highest BCUT2D eigenvalue weighted by molar-refractivity contribution is 5.94. The van der Waals surface area contributed by atoms with Crippen molar-refractivity contribution in [3.8, 4) is 6.07 Å². The van der Waals surface area contributed by atoms with Gasteiger partial charge in [0.1, 0.15) is 0 Å². The van der Waals surface area contributed by atoms with Crippen molar-refractivity contribution in [3.05, 3.63) is 47.3 Å². The number of nitrogens with one attached hydrogen (secondary N) is 1. The number of benzene rings is 1. The number of hydrogen-bond donors (Lipinski definition) is 1. The summed E-state index contributed by atoms with van der Waals surface area (Å²) in [6, 6.07) is 7.57. The minimum Gasteiger partial charge on any atom is -0.347 e. The maximum Gasteiger partial charge on any atom is 0.224 e. The lowest BCUT2D eigenvalue weighted by Gasteiger charge is -2.43. The molecule has 1 amide bonds. The van der Waals surface area contributed by atoms with Crippen molar-refractivity contribution in [1.82, 2.24) is 9.97 Å². The maximum atomic E-state index is 12.3. The van der Waals surface area contributed by atoms with Gasteiger partial charge in [-0.25, -0.2) is 9.97 Å². The zero-order chi connectivity index (χ0) is 19.7. The van der Waals surface area contributed by atoms with Crippen LogP contribution in [-0.4, -0.2) is 21.9 Å². The minimum atomic E-state index is -0.0937. The van der Waals surface area contributed by atoms with Crippen molar-refractivity contribution in [1.29, 1.82) is 5.26 Å². The second-order valence-electron chi connectivity index (χ2n) is 7.49. The Morgan fingerprint density at radius 1 is 1.26 bits per heavy atom. The summed E-state index contributed by atoms with van der Waals surface area (Å²) in [5.74, 6) is 1.03. The second kappa shape index (κ2) is 7.36. The highest BCUT2D eigenvalue weighted by Gasteiger charge is 2.38. The van der Waals surface area contributed by atoms with E-state index in [1.807, 2.05) is 36.4 Å². The van der Waals surface area contributed by atoms with Crippen LogP contribution in [0, 0.1) is 17.2 Å². The average molecular weight is 363 g/mol. The molecule has 27 heavy (non-hydrogen) atoms. The molecule has 1 aromatic carbocycles. The highest BCUT2D eigenvalue weighted by Crippen LogP contribution is 2.42. The first-order chi connectivity index (χ1) is 12.8. The van der Waals surface area contributed by atoms with Crippen LogP contribution in [0.25, 0.3) is 0 Å². The topological polar surface area (TPSA) is 81.9 Å². The van der Waals surface area contributed by atoms with Crippen molar-refractivity contribution >= 4 is 17.5 Å². The van der Waals surface area contributed by atoms with Gasteiger partial charge in [0.15, 0.2) is 0 Å². The van der Waals surface area contributed by atoms with E-state index in [9.17, 15) is 10.1 Å². The fraction of sp³-hybridized carbons (Fsp3) is 0.429. The summed E-state index contributed by atoms with van der Waals surface area (Å²) in [5.41, 5.74) is 3.41. The van der Waals surface area contributed by atoms with E-state index in [0.717, 1.165) is 16.8 Å². The van der Waals surface area contributed by atoms with E-state index in [-0.39, 0.29) is 23.9 Å². The normalized spacial score (nSPS) is 21.5. The van der Waals surface area contributed by atoms with Gasteiger partial charge in [-0.05, 0) is 42.2 Å². The van der Waals surface area contributed by atoms with Crippen LogP contribution in [0.1, 0.15) is 63.3 Å². The smallest absolute Gasteiger partial charge is 0.224 e. The van der Waals surface area contributed by atoms with Crippen LogP contribution >= 0.6 is 0 Å². The Morgan fingerprint density at radius 3 is 2.48 bits per heavy atom. The van der Waals surface area contributed by atoms with Crippen molar-refractivity contribution in [2.45, 2.75) is 52.6 Å². The number of carbonyl (C=O) groups excluding carboxylic acids is 1. The molecular formula is C21H25N5O. The van der Waals surface area contributed by atoms with E-state index in [4.69, 9.17) is 0 Å². The van der Waals surface area contributed by atoms with Crippen LogP contribution in [0.5, 0.6) is 0 Å². The predicted octanol–water partition coefficient (Wildman–Crippen LogP) is 4.02. The second-order valence-corrected chi connectivity index (χ2v) is 7.49. The molecule has 0 bridgehead atoms. The van der Waals surface area contributed by atoms with Crippen LogP contribution < -0.4 is 10.2 Å². The van der Waals surface area contributed by atoms with Crippen molar-refractivity contribution in [2.75, 3.05) is 10.2 Å². The average Bonchev–Trinajstić information content (AvgIpc) is 2.65. The Kier molecular flexibility index (Phi) is 5.13. The number of hydrogen-bond acceptors (Lipinski definition) is 5. The maximum absolute atomic E-state index is 12.3. The van der Waals surface area contributed by atoms with Crippen molar-refractivity contribution in [3.63, 3.8) is 0 Å². The Hall–Kier alpha value is -2.94. The summed E-state index contributed by atoms with van der Waals surface area (Å²) in [4.78, 5) is 23.0. The number of nitrogens with zero attached hydrogens (tertiary/aromatic N) is 4. The van der Waals surface area contributed by atoms with Crippen molar-refractivity contribution < 1.29 is 4.79 Å². The van der Waals surface area contributed by atoms with E-state index in [0.29, 0.717) is 17.4 Å². The van der Waals surface area contributed by atoms with Gasteiger partial charge in [-0.15, -0.1) is 0 Å². The molecule has 6 nitrogen and oxygen atoms in total. The Balaban J connectivity index is 2.02. The molecule has 3 atom stereocenters. The fourth-order valence-electron chi connectivity index (χ4n) is 3.62. The Morgan fingerprint density at radius 2 is 1.93 bits per heavy atom. The third-order valence-corrected chi connectivity index (χ3v) is 5.41. The molecule has 1 aromatic heterocycles. The number of nitriles is 1. The molecule has 0 radical (unpaired) electrons. The number of anilines is 2. The molecule has 0 fully saturated rings. The third-order valence-electron chi connectivity index (χ3n) is 5.41. The number of amides is 1. The largest absolute Gasteiger partial charge is 0.347 e. The van der Waals surface area contributed by atoms with E-state index < -0.39 is 0 Å². The molecule has 0 unspecified atom stereocenters. The first kappa shape index (κ1) is 18.8. The highest BCUT2D eigenvalue weighted by atomic mass is 16.2. The molecule has 0 aliphatic carbocycles. The van der Waals surface area contributed by atoms with E-state index in [1.54, 1.807) is 13.0 Å². The van der Waals surface area contributed by atoms with Crippen LogP contribution in [0.4, 0.5) is 11.6 Å². The zero-order valence-electron chi connectivity index (χ0n) is 16.4. The first-order valence-electron chi connectivity index (χ1n) is 9.25. The lowest BCUT2D eigenvalue weighted by atomic mass is 9.82. The molecule has 1 aliphatic heterocycles. The number of rotatable bonds is 3. The first-order valence-corrected chi connectivity index (χ1v) is 9.25. The van der Waals surface area contributed by atoms with Gasteiger partial charge in [0.25, 0.3) is 0 Å². The molecule has 0 saturated heterocycles. The lowest BCUT2D eigenvalue weighted by Crippen LogP contribution is -2.48. The standard InChI is InChI=1S/C21H25N5O/c1-12(2)17-10-23-21(24-11-17)25-20-13(3)14(4)26(15(5)27)19-7-6-16(9-22)8-18(19)20/h6-8,10-14,20H,1-5H3,(H,23,24,25)/t13-,14-,20+/m0/s1. The van der Waals surface area contributed by atoms with Crippen LogP contribution in [0.2, 0.25) is 0 Å². The van der Waals surface area contributed by atoms with Gasteiger partial charge in [0.2, 0.25) is 11.9 Å². The minimum absolute atomic E-state index is 0.00343. The van der Waals surface area contributed by atoms with Crippen LogP contribution in [0.15, 0.2) is 30.6 Å². The number of carbonyl (C=O) groups is 1. The quantitative estimate of drug-likeness (QED) is 0.891. The van der Waals surface area contributed by atoms with Crippen molar-refractivity contribution in [2.24, 2.45) is 5.92 Å². The molecular weight excluding hydrogens is 338 g/mol. The summed E-state index contributed by atoms with van der Waals surface area (Å²) in [6.07, 6.45) is 3.68. The molecule has 1 aliphatic rings. The SMILES string of the molecule is CC(=O)N1c2ccc(C#N)cc2[C@H](Nc2ncc(C(C)C)cn2)[C@@H](C)[C@@H]1C. The summed E-state index contributed by atoms with van der Waals surface area (Å²) in [5, 5.41) is 12.7. The number of aromatic nitrogens is 2. The summed E-state index contributed by atoms with van der Waals surface area (Å²) >= 11 is 0. The van der Waals surface area contributed by atoms with Gasteiger partial charge in [0.05, 0.1) is 17.7 Å². The molecule has 0 saturated carbocycles. The number of fused-ring (bicyclic) bond motifs is 1.